The maximum absolute atomic E-state index is 14.0. The molecule has 1 saturated carbocycles. The minimum absolute atomic E-state index is 0.0373. The van der Waals surface area contributed by atoms with Gasteiger partial charge in [0.2, 0.25) is 11.8 Å². The first kappa shape index (κ1) is 27.7. The lowest BCUT2D eigenvalue weighted by Gasteiger charge is -2.43. The zero-order valence-electron chi connectivity index (χ0n) is 21.7. The van der Waals surface area contributed by atoms with E-state index in [9.17, 15) is 14.4 Å². The second kappa shape index (κ2) is 12.8. The Morgan fingerprint density at radius 1 is 1.12 bits per heavy atom. The molecule has 2 atom stereocenters. The van der Waals surface area contributed by atoms with Crippen LogP contribution in [0.1, 0.15) is 91.7 Å². The number of alkyl carbamates (subject to hydrolysis) is 1. The zero-order chi connectivity index (χ0) is 25.3. The van der Waals surface area contributed by atoms with Crippen LogP contribution in [-0.2, 0) is 14.3 Å². The summed E-state index contributed by atoms with van der Waals surface area (Å²) in [5.74, 6) is -0.245. The molecule has 2 N–H and O–H groups in total. The Morgan fingerprint density at radius 2 is 1.76 bits per heavy atom. The molecule has 0 aliphatic heterocycles. The van der Waals surface area contributed by atoms with E-state index >= 15 is 0 Å². The number of amides is 3. The summed E-state index contributed by atoms with van der Waals surface area (Å²) in [6.45, 7) is 12.0. The van der Waals surface area contributed by atoms with Gasteiger partial charge in [0, 0.05) is 12.6 Å². The maximum Gasteiger partial charge on any atom is 0.408 e. The van der Waals surface area contributed by atoms with Crippen LogP contribution in [0, 0.1) is 5.92 Å². The second-order valence-electron chi connectivity index (χ2n) is 10.6. The number of hydrogen-bond acceptors (Lipinski definition) is 4. The molecule has 1 fully saturated rings. The topological polar surface area (TPSA) is 87.7 Å². The Morgan fingerprint density at radius 3 is 2.26 bits per heavy atom. The van der Waals surface area contributed by atoms with Crippen LogP contribution >= 0.6 is 0 Å². The fraction of sp³-hybridized carbons (Fsp3) is 0.667. The number of hydrogen-bond donors (Lipinski definition) is 2. The molecule has 2 unspecified atom stereocenters. The van der Waals surface area contributed by atoms with Crippen LogP contribution in [0.3, 0.4) is 0 Å². The summed E-state index contributed by atoms with van der Waals surface area (Å²) in [4.78, 5) is 41.8. The van der Waals surface area contributed by atoms with Crippen LogP contribution in [-0.4, -0.2) is 47.0 Å². The number of carbonyl (C=O) groups is 3. The van der Waals surface area contributed by atoms with Crippen LogP contribution in [0.2, 0.25) is 0 Å². The van der Waals surface area contributed by atoms with Crippen molar-refractivity contribution < 1.29 is 19.1 Å². The lowest BCUT2D eigenvalue weighted by atomic mass is 9.87. The third-order valence-corrected chi connectivity index (χ3v) is 5.89. The molecular formula is C27H43N3O4. The molecule has 34 heavy (non-hydrogen) atoms. The van der Waals surface area contributed by atoms with E-state index in [0.717, 1.165) is 37.7 Å². The number of carbonyl (C=O) groups excluding carboxylic acids is 3. The van der Waals surface area contributed by atoms with Crippen molar-refractivity contribution in [1.82, 2.24) is 15.5 Å². The molecule has 0 heterocycles. The minimum atomic E-state index is -0.773. The monoisotopic (exact) mass is 473 g/mol. The summed E-state index contributed by atoms with van der Waals surface area (Å²) in [5.41, 5.74) is 0.104. The highest BCUT2D eigenvalue weighted by molar-refractivity contribution is 5.92. The molecule has 7 nitrogen and oxygen atoms in total. The second-order valence-corrected chi connectivity index (χ2v) is 10.6. The number of rotatable bonds is 11. The van der Waals surface area contributed by atoms with E-state index in [0.29, 0.717) is 13.0 Å². The SMILES string of the molecule is CCCCNC(=O)C(c1ccccc1)N(C(=O)C(CC(C)C)NC(=O)OC(C)(C)C)C1CCC1. The lowest BCUT2D eigenvalue weighted by Crippen LogP contribution is -2.57. The van der Waals surface area contributed by atoms with Gasteiger partial charge in [-0.05, 0) is 64.4 Å². The summed E-state index contributed by atoms with van der Waals surface area (Å²) in [7, 11) is 0. The number of ether oxygens (including phenoxy) is 1. The van der Waals surface area contributed by atoms with Crippen LogP contribution in [0.4, 0.5) is 4.79 Å². The smallest absolute Gasteiger partial charge is 0.408 e. The van der Waals surface area contributed by atoms with Crippen LogP contribution in [0.15, 0.2) is 30.3 Å². The van der Waals surface area contributed by atoms with Crippen molar-refractivity contribution >= 4 is 17.9 Å². The highest BCUT2D eigenvalue weighted by Crippen LogP contribution is 2.34. The lowest BCUT2D eigenvalue weighted by molar-refractivity contribution is -0.147. The molecular weight excluding hydrogens is 430 g/mol. The molecule has 0 saturated heterocycles. The molecule has 3 amide bonds. The number of nitrogens with zero attached hydrogens (tertiary/aromatic N) is 1. The van der Waals surface area contributed by atoms with E-state index in [1.807, 2.05) is 44.2 Å². The molecule has 2 rings (SSSR count). The molecule has 1 aliphatic rings. The van der Waals surface area contributed by atoms with Crippen molar-refractivity contribution in [3.8, 4) is 0 Å². The Labute approximate surface area is 205 Å². The van der Waals surface area contributed by atoms with Gasteiger partial charge in [-0.25, -0.2) is 4.79 Å². The maximum atomic E-state index is 14.0. The van der Waals surface area contributed by atoms with Gasteiger partial charge >= 0.3 is 6.09 Å². The Balaban J connectivity index is 2.39. The first-order chi connectivity index (χ1) is 16.0. The molecule has 7 heteroatoms. The average Bonchev–Trinajstić information content (AvgIpc) is 2.70. The van der Waals surface area contributed by atoms with Gasteiger partial charge in [-0.1, -0.05) is 57.5 Å². The van der Waals surface area contributed by atoms with Gasteiger partial charge < -0.3 is 20.3 Å². The number of unbranched alkanes of at least 4 members (excludes halogenated alkanes) is 1. The highest BCUT2D eigenvalue weighted by Gasteiger charge is 2.42. The van der Waals surface area contributed by atoms with Crippen molar-refractivity contribution in [3.63, 3.8) is 0 Å². The van der Waals surface area contributed by atoms with Crippen molar-refractivity contribution in [2.45, 2.75) is 104 Å². The van der Waals surface area contributed by atoms with Gasteiger partial charge in [0.1, 0.15) is 17.7 Å². The predicted molar refractivity (Wildman–Crippen MR) is 134 cm³/mol. The third kappa shape index (κ3) is 8.33. The van der Waals surface area contributed by atoms with Crippen LogP contribution < -0.4 is 10.6 Å². The molecule has 0 radical (unpaired) electrons. The van der Waals surface area contributed by atoms with Gasteiger partial charge in [0.05, 0.1) is 0 Å². The molecule has 190 valence electrons. The summed E-state index contributed by atoms with van der Waals surface area (Å²) in [6.07, 6.45) is 4.39. The van der Waals surface area contributed by atoms with Crippen molar-refractivity contribution in [2.24, 2.45) is 5.92 Å². The highest BCUT2D eigenvalue weighted by atomic mass is 16.6. The third-order valence-electron chi connectivity index (χ3n) is 5.89. The van der Waals surface area contributed by atoms with Gasteiger partial charge in [0.15, 0.2) is 0 Å². The Kier molecular flexibility index (Phi) is 10.4. The van der Waals surface area contributed by atoms with Crippen LogP contribution in [0.5, 0.6) is 0 Å². The van der Waals surface area contributed by atoms with Gasteiger partial charge in [-0.15, -0.1) is 0 Å². The standard InChI is InChI=1S/C27H43N3O4/c1-7-8-17-28-24(31)23(20-13-10-9-11-14-20)30(21-15-12-16-21)25(32)22(18-19(2)3)29-26(33)34-27(4,5)6/h9-11,13-14,19,21-23H,7-8,12,15-18H2,1-6H3,(H,28,31)(H,29,33). The fourth-order valence-electron chi connectivity index (χ4n) is 4.06. The van der Waals surface area contributed by atoms with E-state index < -0.39 is 23.8 Å². The van der Waals surface area contributed by atoms with Crippen molar-refractivity contribution in [1.29, 1.82) is 0 Å². The summed E-state index contributed by atoms with van der Waals surface area (Å²) < 4.78 is 5.44. The first-order valence-corrected chi connectivity index (χ1v) is 12.7. The summed E-state index contributed by atoms with van der Waals surface area (Å²) in [5, 5.41) is 5.83. The Bertz CT molecular complexity index is 800. The van der Waals surface area contributed by atoms with Gasteiger partial charge in [-0.3, -0.25) is 9.59 Å². The molecule has 0 spiro atoms. The van der Waals surface area contributed by atoms with Crippen molar-refractivity contribution in [3.05, 3.63) is 35.9 Å². The van der Waals surface area contributed by atoms with E-state index in [-0.39, 0.29) is 23.8 Å². The van der Waals surface area contributed by atoms with E-state index in [4.69, 9.17) is 4.74 Å². The zero-order valence-corrected chi connectivity index (χ0v) is 21.7. The number of benzene rings is 1. The largest absolute Gasteiger partial charge is 0.444 e. The number of nitrogens with one attached hydrogen (secondary N) is 2. The molecule has 0 aromatic heterocycles. The molecule has 1 aromatic rings. The van der Waals surface area contributed by atoms with Gasteiger partial charge in [-0.2, -0.15) is 0 Å². The normalized spacial score (nSPS) is 15.7. The quantitative estimate of drug-likeness (QED) is 0.445. The fourth-order valence-corrected chi connectivity index (χ4v) is 4.06. The minimum Gasteiger partial charge on any atom is -0.444 e. The van der Waals surface area contributed by atoms with E-state index in [1.165, 1.54) is 0 Å². The Hall–Kier alpha value is -2.57. The molecule has 1 aromatic carbocycles. The average molecular weight is 474 g/mol. The van der Waals surface area contributed by atoms with Crippen molar-refractivity contribution in [2.75, 3.05) is 6.54 Å². The molecule has 1 aliphatic carbocycles. The first-order valence-electron chi connectivity index (χ1n) is 12.7. The van der Waals surface area contributed by atoms with E-state index in [1.54, 1.807) is 25.7 Å². The van der Waals surface area contributed by atoms with E-state index in [2.05, 4.69) is 17.6 Å². The predicted octanol–water partition coefficient (Wildman–Crippen LogP) is 4.96. The molecule has 0 bridgehead atoms. The van der Waals surface area contributed by atoms with Crippen LogP contribution in [0.25, 0.3) is 0 Å². The van der Waals surface area contributed by atoms with Gasteiger partial charge in [0.25, 0.3) is 0 Å². The summed E-state index contributed by atoms with van der Waals surface area (Å²) >= 11 is 0. The summed E-state index contributed by atoms with van der Waals surface area (Å²) in [6, 6.07) is 7.90.